The Kier molecular flexibility index (Phi) is 7.32. The summed E-state index contributed by atoms with van der Waals surface area (Å²) in [5, 5.41) is 13.0. The molecule has 0 bridgehead atoms. The van der Waals surface area contributed by atoms with Crippen molar-refractivity contribution in [3.8, 4) is 6.07 Å². The van der Waals surface area contributed by atoms with Crippen molar-refractivity contribution >= 4 is 23.4 Å². The number of carbonyl (C=O) groups excluding carboxylic acids is 1. The molecule has 0 unspecified atom stereocenters. The number of anilines is 1. The van der Waals surface area contributed by atoms with E-state index in [2.05, 4.69) is 40.5 Å². The highest BCUT2D eigenvalue weighted by Gasteiger charge is 2.16. The first kappa shape index (κ1) is 20.2. The monoisotopic (exact) mass is 394 g/mol. The van der Waals surface area contributed by atoms with Crippen LogP contribution in [0.4, 0.5) is 5.69 Å². The molecule has 0 atom stereocenters. The van der Waals surface area contributed by atoms with Crippen molar-refractivity contribution in [1.29, 1.82) is 5.26 Å². The van der Waals surface area contributed by atoms with Crippen LogP contribution < -0.4 is 10.2 Å². The molecule has 3 rings (SSSR count). The maximum Gasteiger partial charge on any atom is 0.230 e. The highest BCUT2D eigenvalue weighted by atomic mass is 32.2. The molecular formula is C22H26N4OS. The molecule has 0 saturated heterocycles. The van der Waals surface area contributed by atoms with Gasteiger partial charge in [-0.15, -0.1) is 0 Å². The molecule has 28 heavy (non-hydrogen) atoms. The molecule has 1 amide bonds. The van der Waals surface area contributed by atoms with Gasteiger partial charge in [-0.25, -0.2) is 4.98 Å². The minimum atomic E-state index is -0.0178. The molecule has 1 aromatic carbocycles. The molecule has 5 nitrogen and oxygen atoms in total. The number of amides is 1. The Labute approximate surface area is 171 Å². The molecule has 1 aliphatic carbocycles. The van der Waals surface area contributed by atoms with Crippen LogP contribution in [0.25, 0.3) is 0 Å². The third-order valence-electron chi connectivity index (χ3n) is 4.92. The van der Waals surface area contributed by atoms with Crippen LogP contribution in [0.3, 0.4) is 0 Å². The lowest BCUT2D eigenvalue weighted by Gasteiger charge is -2.19. The summed E-state index contributed by atoms with van der Waals surface area (Å²) < 4.78 is 0. The van der Waals surface area contributed by atoms with Gasteiger partial charge < -0.3 is 10.2 Å². The summed E-state index contributed by atoms with van der Waals surface area (Å²) in [6.07, 6.45) is 5.15. The van der Waals surface area contributed by atoms with Crippen LogP contribution in [0, 0.1) is 11.3 Å². The van der Waals surface area contributed by atoms with E-state index in [-0.39, 0.29) is 11.7 Å². The Hall–Kier alpha value is -2.52. The predicted octanol–water partition coefficient (Wildman–Crippen LogP) is 3.57. The molecule has 0 saturated carbocycles. The first-order valence-electron chi connectivity index (χ1n) is 9.76. The van der Waals surface area contributed by atoms with Gasteiger partial charge in [0.15, 0.2) is 0 Å². The summed E-state index contributed by atoms with van der Waals surface area (Å²) in [5.41, 5.74) is 4.05. The number of aromatic nitrogens is 1. The van der Waals surface area contributed by atoms with Crippen LogP contribution in [0.5, 0.6) is 0 Å². The number of thioether (sulfide) groups is 1. The zero-order valence-electron chi connectivity index (χ0n) is 16.3. The van der Waals surface area contributed by atoms with Gasteiger partial charge in [0.05, 0.1) is 11.3 Å². The summed E-state index contributed by atoms with van der Waals surface area (Å²) in [7, 11) is 2.05. The van der Waals surface area contributed by atoms with Crippen molar-refractivity contribution in [3.05, 3.63) is 53.2 Å². The van der Waals surface area contributed by atoms with Crippen LogP contribution in [0.1, 0.15) is 36.1 Å². The van der Waals surface area contributed by atoms with Gasteiger partial charge in [-0.3, -0.25) is 4.79 Å². The number of nitriles is 1. The van der Waals surface area contributed by atoms with Crippen molar-refractivity contribution in [2.45, 2.75) is 37.1 Å². The van der Waals surface area contributed by atoms with Gasteiger partial charge in [0, 0.05) is 31.5 Å². The van der Waals surface area contributed by atoms with Crippen LogP contribution >= 0.6 is 11.8 Å². The zero-order chi connectivity index (χ0) is 19.8. The Morgan fingerprint density at radius 1 is 1.29 bits per heavy atom. The maximum atomic E-state index is 12.2. The van der Waals surface area contributed by atoms with Crippen molar-refractivity contribution in [1.82, 2.24) is 10.3 Å². The molecule has 1 heterocycles. The van der Waals surface area contributed by atoms with Gasteiger partial charge in [0.25, 0.3) is 0 Å². The number of hydrogen-bond donors (Lipinski definition) is 1. The minimum Gasteiger partial charge on any atom is -0.375 e. The molecule has 0 spiro atoms. The smallest absolute Gasteiger partial charge is 0.230 e. The first-order chi connectivity index (χ1) is 13.7. The Morgan fingerprint density at radius 2 is 2.07 bits per heavy atom. The second-order valence-corrected chi connectivity index (χ2v) is 7.98. The second-order valence-electron chi connectivity index (χ2n) is 7.02. The molecule has 0 radical (unpaired) electrons. The number of carbonyl (C=O) groups is 1. The lowest BCUT2D eigenvalue weighted by Crippen LogP contribution is -2.29. The van der Waals surface area contributed by atoms with Crippen molar-refractivity contribution < 1.29 is 4.79 Å². The van der Waals surface area contributed by atoms with E-state index in [0.717, 1.165) is 44.3 Å². The van der Waals surface area contributed by atoms with Crippen LogP contribution in [0.2, 0.25) is 0 Å². The van der Waals surface area contributed by atoms with Gasteiger partial charge >= 0.3 is 0 Å². The van der Waals surface area contributed by atoms with Crippen molar-refractivity contribution in [3.63, 3.8) is 0 Å². The van der Waals surface area contributed by atoms with E-state index < -0.39 is 0 Å². The standard InChI is InChI=1S/C22H26N4OS/c1-26(19-9-3-2-4-10-19)13-7-12-24-21(27)16-28-22-18(15-23)14-17-8-5-6-11-20(17)25-22/h2-4,9-10,14H,5-8,11-13,16H2,1H3,(H,24,27). The number of nitrogens with one attached hydrogen (secondary N) is 1. The van der Waals surface area contributed by atoms with E-state index in [9.17, 15) is 10.1 Å². The third-order valence-corrected chi connectivity index (χ3v) is 5.91. The van der Waals surface area contributed by atoms with Crippen LogP contribution in [-0.2, 0) is 17.6 Å². The summed E-state index contributed by atoms with van der Waals surface area (Å²) in [6, 6.07) is 14.4. The number of pyridine rings is 1. The van der Waals surface area contributed by atoms with E-state index in [1.807, 2.05) is 24.3 Å². The molecule has 1 aromatic heterocycles. The summed E-state index contributed by atoms with van der Waals surface area (Å²) >= 11 is 1.36. The molecule has 6 heteroatoms. The zero-order valence-corrected chi connectivity index (χ0v) is 17.1. The van der Waals surface area contributed by atoms with Crippen LogP contribution in [0.15, 0.2) is 41.4 Å². The summed E-state index contributed by atoms with van der Waals surface area (Å²) in [5.74, 6) is 0.269. The van der Waals surface area contributed by atoms with E-state index in [0.29, 0.717) is 17.1 Å². The Balaban J connectivity index is 1.43. The SMILES string of the molecule is CN(CCCNC(=O)CSc1nc2c(cc1C#N)CCCC2)c1ccccc1. The average Bonchev–Trinajstić information content (AvgIpc) is 2.75. The lowest BCUT2D eigenvalue weighted by molar-refractivity contribution is -0.118. The fourth-order valence-electron chi connectivity index (χ4n) is 3.35. The number of rotatable bonds is 8. The van der Waals surface area contributed by atoms with Crippen molar-refractivity contribution in [2.24, 2.45) is 0 Å². The molecule has 0 aliphatic heterocycles. The fourth-order valence-corrected chi connectivity index (χ4v) is 4.15. The van der Waals surface area contributed by atoms with Gasteiger partial charge in [0.2, 0.25) is 5.91 Å². The number of benzene rings is 1. The normalized spacial score (nSPS) is 12.7. The number of nitrogens with zero attached hydrogens (tertiary/aromatic N) is 3. The fraction of sp³-hybridized carbons (Fsp3) is 0.409. The van der Waals surface area contributed by atoms with E-state index >= 15 is 0 Å². The molecular weight excluding hydrogens is 368 g/mol. The maximum absolute atomic E-state index is 12.2. The Morgan fingerprint density at radius 3 is 2.86 bits per heavy atom. The third kappa shape index (κ3) is 5.49. The molecule has 1 N–H and O–H groups in total. The van der Waals surface area contributed by atoms with Gasteiger partial charge in [-0.05, 0) is 55.9 Å². The van der Waals surface area contributed by atoms with Gasteiger partial charge in [-0.1, -0.05) is 30.0 Å². The van der Waals surface area contributed by atoms with Crippen LogP contribution in [-0.4, -0.2) is 36.8 Å². The summed E-state index contributed by atoms with van der Waals surface area (Å²) in [6.45, 7) is 1.52. The molecule has 2 aromatic rings. The summed E-state index contributed by atoms with van der Waals surface area (Å²) in [4.78, 5) is 19.0. The second kappa shape index (κ2) is 10.1. The number of aryl methyl sites for hydroxylation is 2. The van der Waals surface area contributed by atoms with Gasteiger partial charge in [-0.2, -0.15) is 5.26 Å². The highest BCUT2D eigenvalue weighted by Crippen LogP contribution is 2.27. The van der Waals surface area contributed by atoms with Gasteiger partial charge in [0.1, 0.15) is 11.1 Å². The van der Waals surface area contributed by atoms with E-state index in [1.54, 1.807) is 0 Å². The molecule has 1 aliphatic rings. The largest absolute Gasteiger partial charge is 0.375 e. The number of fused-ring (bicyclic) bond motifs is 1. The molecule has 146 valence electrons. The first-order valence-corrected chi connectivity index (χ1v) is 10.7. The predicted molar refractivity (Wildman–Crippen MR) is 114 cm³/mol. The van der Waals surface area contributed by atoms with Crippen molar-refractivity contribution in [2.75, 3.05) is 30.8 Å². The Bertz CT molecular complexity index is 848. The highest BCUT2D eigenvalue weighted by molar-refractivity contribution is 8.00. The minimum absolute atomic E-state index is 0.0178. The average molecular weight is 395 g/mol. The number of hydrogen-bond acceptors (Lipinski definition) is 5. The molecule has 0 fully saturated rings. The number of para-hydroxylation sites is 1. The quantitative estimate of drug-likeness (QED) is 0.548. The van der Waals surface area contributed by atoms with E-state index in [4.69, 9.17) is 0 Å². The topological polar surface area (TPSA) is 69.0 Å². The van der Waals surface area contributed by atoms with E-state index in [1.165, 1.54) is 23.0 Å². The lowest BCUT2D eigenvalue weighted by atomic mass is 9.95.